The molecule has 1 fully saturated rings. The van der Waals surface area contributed by atoms with Gasteiger partial charge in [0.05, 0.1) is 5.56 Å². The van der Waals surface area contributed by atoms with Gasteiger partial charge in [0, 0.05) is 0 Å². The number of aryl methyl sites for hydroxylation is 1. The lowest BCUT2D eigenvalue weighted by Gasteiger charge is -2.37. The van der Waals surface area contributed by atoms with Crippen LogP contribution in [0.2, 0.25) is 0 Å². The van der Waals surface area contributed by atoms with Crippen LogP contribution in [-0.4, -0.2) is 68.8 Å². The summed E-state index contributed by atoms with van der Waals surface area (Å²) in [5, 5.41) is 47.3. The Labute approximate surface area is 126 Å². The van der Waals surface area contributed by atoms with Crippen LogP contribution in [-0.2, 0) is 9.47 Å². The lowest BCUT2D eigenvalue weighted by molar-refractivity contribution is -0.286. The summed E-state index contributed by atoms with van der Waals surface area (Å²) >= 11 is 0. The molecule has 5 N–H and O–H groups in total. The van der Waals surface area contributed by atoms with Crippen LogP contribution in [0.4, 0.5) is 0 Å². The molecule has 0 radical (unpaired) electrons. The normalized spacial score (nSPS) is 31.8. The highest BCUT2D eigenvalue weighted by atomic mass is 16.6. The summed E-state index contributed by atoms with van der Waals surface area (Å²) in [5.41, 5.74) is 0.731. The molecule has 0 saturated carbocycles. The second-order valence-corrected chi connectivity index (χ2v) is 5.13. The predicted molar refractivity (Wildman–Crippen MR) is 72.0 cm³/mol. The van der Waals surface area contributed by atoms with Crippen molar-refractivity contribution >= 4 is 5.97 Å². The molecule has 1 aliphatic rings. The van der Waals surface area contributed by atoms with Crippen molar-refractivity contribution in [3.8, 4) is 5.75 Å². The summed E-state index contributed by atoms with van der Waals surface area (Å²) in [6.07, 6.45) is -7.61. The van der Waals surface area contributed by atoms with E-state index in [0.717, 1.165) is 0 Å². The molecule has 8 nitrogen and oxygen atoms in total. The molecule has 0 aromatic heterocycles. The quantitative estimate of drug-likeness (QED) is 0.432. The van der Waals surface area contributed by atoms with Crippen molar-refractivity contribution in [1.29, 1.82) is 0 Å². The average molecular weight is 314 g/mol. The Balaban J connectivity index is 1.99. The number of benzene rings is 1. The van der Waals surface area contributed by atoms with E-state index in [1.807, 2.05) is 0 Å². The summed E-state index contributed by atoms with van der Waals surface area (Å²) in [5.74, 6) is -0.691. The number of hydrogen-bond donors (Lipinski definition) is 5. The molecule has 1 unspecified atom stereocenters. The van der Waals surface area contributed by atoms with Crippen LogP contribution in [0.15, 0.2) is 18.2 Å². The SMILES string of the molecule is Cc1cc(O)ccc1C(=O)OC[C@H]1OC(O)[C@H](O)[C@@H](O)[C@@H]1O. The average Bonchev–Trinajstić information content (AvgIpc) is 2.47. The van der Waals surface area contributed by atoms with Gasteiger partial charge in [-0.25, -0.2) is 4.79 Å². The second kappa shape index (κ2) is 6.59. The Morgan fingerprint density at radius 1 is 1.18 bits per heavy atom. The highest BCUT2D eigenvalue weighted by Crippen LogP contribution is 2.21. The first-order valence-electron chi connectivity index (χ1n) is 6.65. The zero-order chi connectivity index (χ0) is 16.4. The molecule has 0 amide bonds. The van der Waals surface area contributed by atoms with E-state index in [2.05, 4.69) is 0 Å². The van der Waals surface area contributed by atoms with E-state index in [1.54, 1.807) is 6.92 Å². The van der Waals surface area contributed by atoms with Crippen LogP contribution in [0.5, 0.6) is 5.75 Å². The molecule has 22 heavy (non-hydrogen) atoms. The zero-order valence-corrected chi connectivity index (χ0v) is 11.8. The minimum atomic E-state index is -1.68. The van der Waals surface area contributed by atoms with Gasteiger partial charge in [0.15, 0.2) is 6.29 Å². The van der Waals surface area contributed by atoms with Crippen molar-refractivity contribution in [3.05, 3.63) is 29.3 Å². The van der Waals surface area contributed by atoms with Crippen molar-refractivity contribution < 1.29 is 39.8 Å². The number of esters is 1. The highest BCUT2D eigenvalue weighted by molar-refractivity contribution is 5.91. The molecule has 1 aromatic carbocycles. The van der Waals surface area contributed by atoms with Crippen LogP contribution < -0.4 is 0 Å². The highest BCUT2D eigenvalue weighted by Gasteiger charge is 2.43. The monoisotopic (exact) mass is 314 g/mol. The summed E-state index contributed by atoms with van der Waals surface area (Å²) in [6, 6.07) is 4.12. The topological polar surface area (TPSA) is 137 Å². The van der Waals surface area contributed by atoms with Gasteiger partial charge >= 0.3 is 5.97 Å². The molecule has 0 aliphatic carbocycles. The first-order valence-corrected chi connectivity index (χ1v) is 6.65. The third kappa shape index (κ3) is 3.37. The van der Waals surface area contributed by atoms with Crippen LogP contribution in [0.3, 0.4) is 0 Å². The minimum Gasteiger partial charge on any atom is -0.508 e. The fourth-order valence-electron chi connectivity index (χ4n) is 2.18. The predicted octanol–water partition coefficient (Wildman–Crippen LogP) is -1.34. The molecule has 8 heteroatoms. The van der Waals surface area contributed by atoms with E-state index in [9.17, 15) is 30.3 Å². The lowest BCUT2D eigenvalue weighted by atomic mass is 9.99. The Morgan fingerprint density at radius 3 is 2.50 bits per heavy atom. The van der Waals surface area contributed by atoms with Gasteiger partial charge in [-0.05, 0) is 30.7 Å². The zero-order valence-electron chi connectivity index (χ0n) is 11.8. The number of aromatic hydroxyl groups is 1. The van der Waals surface area contributed by atoms with Gasteiger partial charge in [-0.2, -0.15) is 0 Å². The van der Waals surface area contributed by atoms with Gasteiger partial charge in [0.25, 0.3) is 0 Å². The summed E-state index contributed by atoms with van der Waals surface area (Å²) < 4.78 is 9.88. The summed E-state index contributed by atoms with van der Waals surface area (Å²) in [4.78, 5) is 11.9. The number of carbonyl (C=O) groups excluding carboxylic acids is 1. The van der Waals surface area contributed by atoms with Gasteiger partial charge in [-0.1, -0.05) is 0 Å². The van der Waals surface area contributed by atoms with Crippen LogP contribution in [0.25, 0.3) is 0 Å². The second-order valence-electron chi connectivity index (χ2n) is 5.13. The van der Waals surface area contributed by atoms with Gasteiger partial charge in [0.2, 0.25) is 0 Å². The van der Waals surface area contributed by atoms with E-state index in [0.29, 0.717) is 5.56 Å². The Kier molecular flexibility index (Phi) is 4.99. The first kappa shape index (κ1) is 16.7. The molecule has 1 saturated heterocycles. The van der Waals surface area contributed by atoms with E-state index in [1.165, 1.54) is 18.2 Å². The molecule has 0 bridgehead atoms. The maximum absolute atomic E-state index is 11.9. The van der Waals surface area contributed by atoms with E-state index in [-0.39, 0.29) is 11.3 Å². The van der Waals surface area contributed by atoms with E-state index in [4.69, 9.17) is 9.47 Å². The number of aliphatic hydroxyl groups excluding tert-OH is 4. The smallest absolute Gasteiger partial charge is 0.338 e. The third-order valence-corrected chi connectivity index (χ3v) is 3.50. The number of ether oxygens (including phenoxy) is 2. The molecule has 1 aromatic rings. The molecule has 122 valence electrons. The van der Waals surface area contributed by atoms with E-state index < -0.39 is 43.3 Å². The molecular formula is C14H18O8. The number of aliphatic hydroxyl groups is 4. The van der Waals surface area contributed by atoms with Crippen molar-refractivity contribution in [3.63, 3.8) is 0 Å². The number of hydrogen-bond acceptors (Lipinski definition) is 8. The fourth-order valence-corrected chi connectivity index (χ4v) is 2.18. The van der Waals surface area contributed by atoms with Crippen LogP contribution in [0.1, 0.15) is 15.9 Å². The molecule has 5 atom stereocenters. The molecular weight excluding hydrogens is 296 g/mol. The van der Waals surface area contributed by atoms with Crippen molar-refractivity contribution in [2.75, 3.05) is 6.61 Å². The lowest BCUT2D eigenvalue weighted by Crippen LogP contribution is -2.58. The summed E-state index contributed by atoms with van der Waals surface area (Å²) in [7, 11) is 0. The fraction of sp³-hybridized carbons (Fsp3) is 0.500. The molecule has 0 spiro atoms. The Morgan fingerprint density at radius 2 is 1.86 bits per heavy atom. The van der Waals surface area contributed by atoms with Gasteiger partial charge < -0.3 is 35.0 Å². The largest absolute Gasteiger partial charge is 0.508 e. The molecule has 2 rings (SSSR count). The standard InChI is InChI=1S/C14H18O8/c1-6-4-7(15)2-3-8(6)13(19)21-5-9-10(16)11(17)12(18)14(20)22-9/h2-4,9-12,14-18,20H,5H2,1H3/t9-,10-,11+,12-,14?/m1/s1. The Hall–Kier alpha value is -1.71. The maximum atomic E-state index is 11.9. The molecule has 1 heterocycles. The van der Waals surface area contributed by atoms with Crippen LogP contribution in [0, 0.1) is 6.92 Å². The number of rotatable bonds is 3. The third-order valence-electron chi connectivity index (χ3n) is 3.50. The number of phenolic OH excluding ortho intramolecular Hbond substituents is 1. The van der Waals surface area contributed by atoms with Crippen molar-refractivity contribution in [2.45, 2.75) is 37.6 Å². The summed E-state index contributed by atoms with van der Waals surface area (Å²) in [6.45, 7) is 1.20. The minimum absolute atomic E-state index is 0.0142. The first-order chi connectivity index (χ1) is 10.3. The van der Waals surface area contributed by atoms with Crippen LogP contribution >= 0.6 is 0 Å². The van der Waals surface area contributed by atoms with Gasteiger partial charge in [0.1, 0.15) is 36.8 Å². The van der Waals surface area contributed by atoms with Crippen molar-refractivity contribution in [1.82, 2.24) is 0 Å². The maximum Gasteiger partial charge on any atom is 0.338 e. The Bertz CT molecular complexity index is 546. The molecule has 1 aliphatic heterocycles. The number of carbonyl (C=O) groups is 1. The van der Waals surface area contributed by atoms with Gasteiger partial charge in [-0.15, -0.1) is 0 Å². The van der Waals surface area contributed by atoms with Gasteiger partial charge in [-0.3, -0.25) is 0 Å². The van der Waals surface area contributed by atoms with E-state index >= 15 is 0 Å². The van der Waals surface area contributed by atoms with Crippen molar-refractivity contribution in [2.24, 2.45) is 0 Å². The number of phenols is 1.